The Hall–Kier alpha value is -0.450. The molecule has 1 rings (SSSR count). The molecule has 0 spiro atoms. The molecule has 3 N–H and O–H groups in total. The molecule has 0 bridgehead atoms. The second-order valence-electron chi connectivity index (χ2n) is 3.19. The molecule has 0 aliphatic heterocycles. The Bertz CT molecular complexity index is 319. The van der Waals surface area contributed by atoms with E-state index in [4.69, 9.17) is 5.73 Å². The number of hydrogen-bond acceptors (Lipinski definition) is 2. The summed E-state index contributed by atoms with van der Waals surface area (Å²) in [5.41, 5.74) is 6.31. The van der Waals surface area contributed by atoms with Crippen LogP contribution in [0.5, 0.6) is 0 Å². The summed E-state index contributed by atoms with van der Waals surface area (Å²) in [5, 5.41) is 9.74. The molecule has 4 heteroatoms. The Kier molecular flexibility index (Phi) is 4.04. The molecule has 0 saturated carbocycles. The number of halogens is 2. The Labute approximate surface area is 91.1 Å². The van der Waals surface area contributed by atoms with Crippen molar-refractivity contribution in [2.75, 3.05) is 0 Å². The summed E-state index contributed by atoms with van der Waals surface area (Å²) in [5.74, 6) is -0.342. The molecule has 2 nitrogen and oxygen atoms in total. The van der Waals surface area contributed by atoms with Crippen molar-refractivity contribution >= 4 is 15.9 Å². The van der Waals surface area contributed by atoms with Crippen molar-refractivity contribution < 1.29 is 9.50 Å². The minimum Gasteiger partial charge on any atom is -0.387 e. The second kappa shape index (κ2) is 4.87. The van der Waals surface area contributed by atoms with Crippen molar-refractivity contribution in [2.45, 2.75) is 25.5 Å². The van der Waals surface area contributed by atoms with Crippen LogP contribution in [0.3, 0.4) is 0 Å². The molecule has 0 saturated heterocycles. The largest absolute Gasteiger partial charge is 0.387 e. The Morgan fingerprint density at radius 1 is 1.57 bits per heavy atom. The first-order chi connectivity index (χ1) is 6.56. The zero-order valence-electron chi connectivity index (χ0n) is 7.87. The highest BCUT2D eigenvalue weighted by atomic mass is 79.9. The maximum atomic E-state index is 12.9. The number of rotatable bonds is 3. The lowest BCUT2D eigenvalue weighted by atomic mass is 10.0. The number of benzene rings is 1. The van der Waals surface area contributed by atoms with Gasteiger partial charge < -0.3 is 10.8 Å². The smallest absolute Gasteiger partial charge is 0.137 e. The van der Waals surface area contributed by atoms with E-state index in [2.05, 4.69) is 15.9 Å². The molecule has 1 aromatic carbocycles. The summed E-state index contributed by atoms with van der Waals surface area (Å²) in [6.07, 6.45) is -0.0622. The number of hydrogen-bond donors (Lipinski definition) is 2. The first-order valence-electron chi connectivity index (χ1n) is 4.44. The summed E-state index contributed by atoms with van der Waals surface area (Å²) in [4.78, 5) is 0. The van der Waals surface area contributed by atoms with Gasteiger partial charge >= 0.3 is 0 Å². The first kappa shape index (κ1) is 11.6. The van der Waals surface area contributed by atoms with Crippen LogP contribution in [0.15, 0.2) is 22.7 Å². The highest BCUT2D eigenvalue weighted by molar-refractivity contribution is 9.10. The third-order valence-corrected chi connectivity index (χ3v) is 2.77. The molecule has 0 aliphatic rings. The molecule has 0 radical (unpaired) electrons. The molecule has 0 fully saturated rings. The number of aliphatic hydroxyl groups is 1. The zero-order valence-corrected chi connectivity index (χ0v) is 9.46. The average Bonchev–Trinajstić information content (AvgIpc) is 2.20. The van der Waals surface area contributed by atoms with Crippen molar-refractivity contribution in [1.29, 1.82) is 0 Å². The van der Waals surface area contributed by atoms with E-state index in [1.54, 1.807) is 12.1 Å². The Balaban J connectivity index is 2.91. The fourth-order valence-electron chi connectivity index (χ4n) is 1.17. The third-order valence-electron chi connectivity index (χ3n) is 2.16. The molecule has 78 valence electrons. The summed E-state index contributed by atoms with van der Waals surface area (Å²) in [7, 11) is 0. The zero-order chi connectivity index (χ0) is 10.7. The molecule has 2 unspecified atom stereocenters. The normalized spacial score (nSPS) is 15.2. The van der Waals surface area contributed by atoms with Gasteiger partial charge in [-0.1, -0.05) is 13.0 Å². The third kappa shape index (κ3) is 2.53. The van der Waals surface area contributed by atoms with Crippen LogP contribution in [0.4, 0.5) is 4.39 Å². The maximum absolute atomic E-state index is 12.9. The van der Waals surface area contributed by atoms with Gasteiger partial charge in [0.2, 0.25) is 0 Å². The monoisotopic (exact) mass is 261 g/mol. The molecule has 0 heterocycles. The fraction of sp³-hybridized carbons (Fsp3) is 0.400. The van der Waals surface area contributed by atoms with Crippen LogP contribution in [0.2, 0.25) is 0 Å². The van der Waals surface area contributed by atoms with Crippen LogP contribution in [-0.4, -0.2) is 11.1 Å². The highest BCUT2D eigenvalue weighted by Crippen LogP contribution is 2.23. The molecule has 1 aromatic rings. The van der Waals surface area contributed by atoms with Crippen molar-refractivity contribution in [3.05, 3.63) is 34.1 Å². The van der Waals surface area contributed by atoms with Crippen molar-refractivity contribution in [3.63, 3.8) is 0 Å². The van der Waals surface area contributed by atoms with E-state index in [9.17, 15) is 9.50 Å². The quantitative estimate of drug-likeness (QED) is 0.878. The van der Waals surface area contributed by atoms with Crippen molar-refractivity contribution in [3.8, 4) is 0 Å². The molecular weight excluding hydrogens is 249 g/mol. The highest BCUT2D eigenvalue weighted by Gasteiger charge is 2.15. The number of nitrogens with two attached hydrogens (primary N) is 1. The molecular formula is C10H13BrFNO. The lowest BCUT2D eigenvalue weighted by Crippen LogP contribution is -2.27. The Morgan fingerprint density at radius 3 is 2.71 bits per heavy atom. The van der Waals surface area contributed by atoms with Crippen LogP contribution in [0, 0.1) is 5.82 Å². The lowest BCUT2D eigenvalue weighted by Gasteiger charge is -2.17. The summed E-state index contributed by atoms with van der Waals surface area (Å²) < 4.78 is 13.2. The van der Waals surface area contributed by atoms with Gasteiger partial charge in [0.15, 0.2) is 0 Å². The SMILES string of the molecule is CCC(N)C(O)c1ccc(F)c(Br)c1. The minimum atomic E-state index is -0.739. The predicted molar refractivity (Wildman–Crippen MR) is 57.3 cm³/mol. The topological polar surface area (TPSA) is 46.2 Å². The standard InChI is InChI=1S/C10H13BrFNO/c1-2-9(13)10(14)6-3-4-8(12)7(11)5-6/h3-5,9-10,14H,2,13H2,1H3. The van der Waals surface area contributed by atoms with E-state index in [1.807, 2.05) is 6.92 Å². The lowest BCUT2D eigenvalue weighted by molar-refractivity contribution is 0.144. The van der Waals surface area contributed by atoms with Gasteiger partial charge in [-0.15, -0.1) is 0 Å². The molecule has 0 aliphatic carbocycles. The first-order valence-corrected chi connectivity index (χ1v) is 5.24. The van der Waals surface area contributed by atoms with E-state index < -0.39 is 6.10 Å². The van der Waals surface area contributed by atoms with E-state index in [1.165, 1.54) is 6.07 Å². The van der Waals surface area contributed by atoms with Gasteiger partial charge in [0.25, 0.3) is 0 Å². The Morgan fingerprint density at radius 2 is 2.21 bits per heavy atom. The van der Waals surface area contributed by atoms with Crippen LogP contribution in [0.25, 0.3) is 0 Å². The van der Waals surface area contributed by atoms with E-state index in [-0.39, 0.29) is 11.9 Å². The second-order valence-corrected chi connectivity index (χ2v) is 4.04. The molecule has 0 aromatic heterocycles. The predicted octanol–water partition coefficient (Wildman–Crippen LogP) is 2.36. The summed E-state index contributed by atoms with van der Waals surface area (Å²) >= 11 is 3.06. The van der Waals surface area contributed by atoms with E-state index >= 15 is 0 Å². The summed E-state index contributed by atoms with van der Waals surface area (Å²) in [6.45, 7) is 1.90. The van der Waals surface area contributed by atoms with Crippen molar-refractivity contribution in [1.82, 2.24) is 0 Å². The number of aliphatic hydroxyl groups excluding tert-OH is 1. The van der Waals surface area contributed by atoms with Gasteiger partial charge in [0.1, 0.15) is 5.82 Å². The van der Waals surface area contributed by atoms with Gasteiger partial charge in [-0.25, -0.2) is 4.39 Å². The molecule has 0 amide bonds. The minimum absolute atomic E-state index is 0.313. The van der Waals surface area contributed by atoms with Gasteiger partial charge in [-0.05, 0) is 40.0 Å². The average molecular weight is 262 g/mol. The van der Waals surface area contributed by atoms with Gasteiger partial charge in [-0.3, -0.25) is 0 Å². The van der Waals surface area contributed by atoms with Crippen LogP contribution >= 0.6 is 15.9 Å². The van der Waals surface area contributed by atoms with Gasteiger partial charge in [0, 0.05) is 6.04 Å². The van der Waals surface area contributed by atoms with E-state index in [0.717, 1.165) is 0 Å². The van der Waals surface area contributed by atoms with Gasteiger partial charge in [-0.2, -0.15) is 0 Å². The summed E-state index contributed by atoms with van der Waals surface area (Å²) in [6, 6.07) is 4.09. The fourth-order valence-corrected chi connectivity index (χ4v) is 1.56. The van der Waals surface area contributed by atoms with E-state index in [0.29, 0.717) is 16.5 Å². The van der Waals surface area contributed by atoms with Crippen LogP contribution in [-0.2, 0) is 0 Å². The van der Waals surface area contributed by atoms with Crippen molar-refractivity contribution in [2.24, 2.45) is 5.73 Å². The molecule has 2 atom stereocenters. The maximum Gasteiger partial charge on any atom is 0.137 e. The van der Waals surface area contributed by atoms with Crippen LogP contribution < -0.4 is 5.73 Å². The van der Waals surface area contributed by atoms with Gasteiger partial charge in [0.05, 0.1) is 10.6 Å². The molecule has 14 heavy (non-hydrogen) atoms. The van der Waals surface area contributed by atoms with Crippen LogP contribution in [0.1, 0.15) is 25.0 Å².